The first-order valence-electron chi connectivity index (χ1n) is 8.37. The fraction of sp³-hybridized carbons (Fsp3) is 0.556. The van der Waals surface area contributed by atoms with Gasteiger partial charge in [-0.3, -0.25) is 9.59 Å². The van der Waals surface area contributed by atoms with Gasteiger partial charge in [0.1, 0.15) is 11.8 Å². The molecule has 0 spiro atoms. The van der Waals surface area contributed by atoms with Crippen LogP contribution in [0.4, 0.5) is 0 Å². The Morgan fingerprint density at radius 3 is 2.71 bits per heavy atom. The number of hydrogen-bond acceptors (Lipinski definition) is 4. The number of nitrogens with one attached hydrogen (secondary N) is 2. The standard InChI is InChI=1S/C18H26N2O3S/c1-4-23-14-9-7-13(8-10-14)6-5-11-19-16(21)15-12-24-18(2,3)17(22)20-15/h7-10,15H,4-6,11-12H2,1-3H3,(H,19,21)(H,20,22). The van der Waals surface area contributed by atoms with E-state index in [1.165, 1.54) is 17.3 Å². The van der Waals surface area contributed by atoms with Crippen LogP contribution in [0, 0.1) is 0 Å². The van der Waals surface area contributed by atoms with Crippen molar-refractivity contribution in [2.75, 3.05) is 18.9 Å². The fourth-order valence-corrected chi connectivity index (χ4v) is 3.43. The third kappa shape index (κ3) is 5.16. The van der Waals surface area contributed by atoms with Gasteiger partial charge in [0, 0.05) is 12.3 Å². The number of ether oxygens (including phenoxy) is 1. The van der Waals surface area contributed by atoms with E-state index < -0.39 is 10.8 Å². The van der Waals surface area contributed by atoms with Crippen molar-refractivity contribution in [2.45, 2.75) is 44.4 Å². The summed E-state index contributed by atoms with van der Waals surface area (Å²) in [5.74, 6) is 1.32. The minimum atomic E-state index is -0.454. The Kier molecular flexibility index (Phi) is 6.54. The summed E-state index contributed by atoms with van der Waals surface area (Å²) in [6.07, 6.45) is 1.75. The third-order valence-electron chi connectivity index (χ3n) is 3.96. The van der Waals surface area contributed by atoms with Gasteiger partial charge in [0.25, 0.3) is 0 Å². The molecule has 1 fully saturated rings. The maximum absolute atomic E-state index is 12.1. The van der Waals surface area contributed by atoms with Crippen molar-refractivity contribution in [3.05, 3.63) is 29.8 Å². The minimum Gasteiger partial charge on any atom is -0.494 e. The van der Waals surface area contributed by atoms with Gasteiger partial charge in [-0.15, -0.1) is 11.8 Å². The van der Waals surface area contributed by atoms with Crippen molar-refractivity contribution in [1.29, 1.82) is 0 Å². The van der Waals surface area contributed by atoms with E-state index in [0.717, 1.165) is 18.6 Å². The van der Waals surface area contributed by atoms with Gasteiger partial charge >= 0.3 is 0 Å². The van der Waals surface area contributed by atoms with Crippen LogP contribution in [-0.4, -0.2) is 41.5 Å². The average Bonchev–Trinajstić information content (AvgIpc) is 2.55. The zero-order valence-corrected chi connectivity index (χ0v) is 15.4. The molecule has 1 atom stereocenters. The molecule has 1 heterocycles. The van der Waals surface area contributed by atoms with Gasteiger partial charge in [-0.1, -0.05) is 12.1 Å². The van der Waals surface area contributed by atoms with E-state index in [0.29, 0.717) is 18.9 Å². The highest BCUT2D eigenvalue weighted by molar-refractivity contribution is 8.01. The maximum Gasteiger partial charge on any atom is 0.243 e. The lowest BCUT2D eigenvalue weighted by Crippen LogP contribution is -2.57. The van der Waals surface area contributed by atoms with E-state index in [1.807, 2.05) is 45.0 Å². The summed E-state index contributed by atoms with van der Waals surface area (Å²) in [5, 5.41) is 5.71. The number of benzene rings is 1. The molecule has 2 amide bonds. The molecular formula is C18H26N2O3S. The Balaban J connectivity index is 1.68. The summed E-state index contributed by atoms with van der Waals surface area (Å²) in [4.78, 5) is 24.0. The van der Waals surface area contributed by atoms with Gasteiger partial charge in [-0.25, -0.2) is 0 Å². The summed E-state index contributed by atoms with van der Waals surface area (Å²) in [5.41, 5.74) is 1.22. The molecule has 1 unspecified atom stereocenters. The average molecular weight is 350 g/mol. The molecule has 0 aliphatic carbocycles. The van der Waals surface area contributed by atoms with Gasteiger partial charge < -0.3 is 15.4 Å². The molecule has 1 aliphatic rings. The number of aryl methyl sites for hydroxylation is 1. The number of carbonyl (C=O) groups is 2. The Hall–Kier alpha value is -1.69. The fourth-order valence-electron chi connectivity index (χ4n) is 2.42. The van der Waals surface area contributed by atoms with Crippen LogP contribution in [0.25, 0.3) is 0 Å². The largest absolute Gasteiger partial charge is 0.494 e. The van der Waals surface area contributed by atoms with Gasteiger partial charge in [-0.05, 0) is 51.3 Å². The van der Waals surface area contributed by atoms with Gasteiger partial charge in [-0.2, -0.15) is 0 Å². The molecule has 1 aliphatic heterocycles. The summed E-state index contributed by atoms with van der Waals surface area (Å²) in [6.45, 7) is 6.98. The Bertz CT molecular complexity index is 572. The molecule has 2 N–H and O–H groups in total. The van der Waals surface area contributed by atoms with Crippen LogP contribution in [-0.2, 0) is 16.0 Å². The van der Waals surface area contributed by atoms with Crippen LogP contribution in [0.3, 0.4) is 0 Å². The second-order valence-electron chi connectivity index (χ2n) is 6.32. The first kappa shape index (κ1) is 18.6. The van der Waals surface area contributed by atoms with Gasteiger partial charge in [0.2, 0.25) is 11.8 Å². The van der Waals surface area contributed by atoms with Crippen LogP contribution in [0.15, 0.2) is 24.3 Å². The van der Waals surface area contributed by atoms with Crippen LogP contribution >= 0.6 is 11.8 Å². The Morgan fingerprint density at radius 1 is 1.38 bits per heavy atom. The lowest BCUT2D eigenvalue weighted by Gasteiger charge is -2.32. The molecule has 5 nitrogen and oxygen atoms in total. The van der Waals surface area contributed by atoms with Gasteiger partial charge in [0.05, 0.1) is 11.4 Å². The molecule has 0 bridgehead atoms. The summed E-state index contributed by atoms with van der Waals surface area (Å²) >= 11 is 1.52. The van der Waals surface area contributed by atoms with Crippen molar-refractivity contribution in [3.63, 3.8) is 0 Å². The molecule has 2 rings (SSSR count). The second kappa shape index (κ2) is 8.42. The number of hydrogen-bond donors (Lipinski definition) is 2. The first-order chi connectivity index (χ1) is 11.4. The van der Waals surface area contributed by atoms with Crippen molar-refractivity contribution >= 4 is 23.6 Å². The van der Waals surface area contributed by atoms with Gasteiger partial charge in [0.15, 0.2) is 0 Å². The maximum atomic E-state index is 12.1. The number of amides is 2. The molecule has 1 aromatic carbocycles. The minimum absolute atomic E-state index is 0.0757. The molecule has 24 heavy (non-hydrogen) atoms. The van der Waals surface area contributed by atoms with Crippen LogP contribution in [0.5, 0.6) is 5.75 Å². The molecule has 0 radical (unpaired) electrons. The topological polar surface area (TPSA) is 67.4 Å². The molecule has 1 aromatic rings. The zero-order chi connectivity index (χ0) is 17.6. The molecule has 0 saturated carbocycles. The highest BCUT2D eigenvalue weighted by atomic mass is 32.2. The van der Waals surface area contributed by atoms with E-state index in [9.17, 15) is 9.59 Å². The molecule has 6 heteroatoms. The number of thioether (sulfide) groups is 1. The molecule has 0 aromatic heterocycles. The second-order valence-corrected chi connectivity index (χ2v) is 7.96. The van der Waals surface area contributed by atoms with E-state index in [-0.39, 0.29) is 11.8 Å². The number of rotatable bonds is 7. The third-order valence-corrected chi connectivity index (χ3v) is 5.36. The number of carbonyl (C=O) groups excluding carboxylic acids is 2. The normalized spacial score (nSPS) is 19.5. The molecule has 132 valence electrons. The van der Waals surface area contributed by atoms with Crippen molar-refractivity contribution in [1.82, 2.24) is 10.6 Å². The van der Waals surface area contributed by atoms with Crippen LogP contribution in [0.2, 0.25) is 0 Å². The Morgan fingerprint density at radius 2 is 2.08 bits per heavy atom. The van der Waals surface area contributed by atoms with Crippen LogP contribution in [0.1, 0.15) is 32.8 Å². The van der Waals surface area contributed by atoms with E-state index in [2.05, 4.69) is 10.6 Å². The summed E-state index contributed by atoms with van der Waals surface area (Å²) < 4.78 is 4.96. The lowest BCUT2D eigenvalue weighted by molar-refractivity contribution is -0.129. The molecular weight excluding hydrogens is 324 g/mol. The Labute approximate surface area is 147 Å². The van der Waals surface area contributed by atoms with Crippen molar-refractivity contribution in [2.24, 2.45) is 0 Å². The smallest absolute Gasteiger partial charge is 0.243 e. The SMILES string of the molecule is CCOc1ccc(CCCNC(=O)C2CSC(C)(C)C(=O)N2)cc1. The van der Waals surface area contributed by atoms with E-state index in [4.69, 9.17) is 4.74 Å². The predicted molar refractivity (Wildman–Crippen MR) is 97.4 cm³/mol. The quantitative estimate of drug-likeness (QED) is 0.740. The summed E-state index contributed by atoms with van der Waals surface area (Å²) in [6, 6.07) is 7.60. The van der Waals surface area contributed by atoms with Crippen molar-refractivity contribution < 1.29 is 14.3 Å². The predicted octanol–water partition coefficient (Wildman–Crippen LogP) is 2.14. The lowest BCUT2D eigenvalue weighted by atomic mass is 10.1. The first-order valence-corrected chi connectivity index (χ1v) is 9.35. The van der Waals surface area contributed by atoms with Crippen molar-refractivity contribution in [3.8, 4) is 5.75 Å². The van der Waals surface area contributed by atoms with Crippen LogP contribution < -0.4 is 15.4 Å². The highest BCUT2D eigenvalue weighted by Gasteiger charge is 2.37. The van der Waals surface area contributed by atoms with E-state index >= 15 is 0 Å². The zero-order valence-electron chi connectivity index (χ0n) is 14.6. The summed E-state index contributed by atoms with van der Waals surface area (Å²) in [7, 11) is 0. The monoisotopic (exact) mass is 350 g/mol. The molecule has 1 saturated heterocycles. The van der Waals surface area contributed by atoms with E-state index in [1.54, 1.807) is 0 Å². The highest BCUT2D eigenvalue weighted by Crippen LogP contribution is 2.28.